The highest BCUT2D eigenvalue weighted by Gasteiger charge is 2.18. The van der Waals surface area contributed by atoms with Crippen molar-refractivity contribution in [3.8, 4) is 5.69 Å². The van der Waals surface area contributed by atoms with Crippen LogP contribution >= 0.6 is 0 Å². The number of piperazine rings is 1. The molecule has 0 saturated carbocycles. The molecule has 20 heavy (non-hydrogen) atoms. The quantitative estimate of drug-likeness (QED) is 0.824. The minimum absolute atomic E-state index is 0.805. The molecule has 0 N–H and O–H groups in total. The molecule has 1 fully saturated rings. The van der Waals surface area contributed by atoms with Crippen LogP contribution in [0.5, 0.6) is 0 Å². The molecule has 0 spiro atoms. The average molecular weight is 272 g/mol. The van der Waals surface area contributed by atoms with Gasteiger partial charge in [-0.05, 0) is 29.1 Å². The highest BCUT2D eigenvalue weighted by molar-refractivity contribution is 5.30. The Bertz CT molecular complexity index is 530. The van der Waals surface area contributed by atoms with E-state index in [0.717, 1.165) is 50.8 Å². The van der Waals surface area contributed by atoms with Gasteiger partial charge >= 0.3 is 0 Å². The van der Waals surface area contributed by atoms with Gasteiger partial charge in [0.1, 0.15) is 0 Å². The molecule has 2 heterocycles. The Morgan fingerprint density at radius 2 is 1.70 bits per heavy atom. The zero-order valence-electron chi connectivity index (χ0n) is 11.8. The molecule has 0 aliphatic carbocycles. The van der Waals surface area contributed by atoms with Gasteiger partial charge in [-0.25, -0.2) is 0 Å². The number of tetrazole rings is 1. The first-order valence-corrected chi connectivity index (χ1v) is 7.14. The van der Waals surface area contributed by atoms with Gasteiger partial charge in [0.2, 0.25) is 0 Å². The first kappa shape index (κ1) is 13.2. The summed E-state index contributed by atoms with van der Waals surface area (Å²) in [5.41, 5.74) is 1.01. The van der Waals surface area contributed by atoms with Crippen molar-refractivity contribution in [1.29, 1.82) is 0 Å². The largest absolute Gasteiger partial charge is 0.301 e. The summed E-state index contributed by atoms with van der Waals surface area (Å²) in [7, 11) is 0. The fourth-order valence-electron chi connectivity index (χ4n) is 2.54. The van der Waals surface area contributed by atoms with Crippen LogP contribution in [0.3, 0.4) is 0 Å². The summed E-state index contributed by atoms with van der Waals surface area (Å²) in [4.78, 5) is 4.88. The van der Waals surface area contributed by atoms with Crippen LogP contribution < -0.4 is 0 Å². The van der Waals surface area contributed by atoms with E-state index >= 15 is 0 Å². The standard InChI is InChI=1S/C14H20N6/c1-2-18-8-10-19(11-9-18)12-14-15-16-17-20(14)13-6-4-3-5-7-13/h3-7H,2,8-12H2,1H3. The molecule has 2 aromatic rings. The van der Waals surface area contributed by atoms with Gasteiger partial charge in [-0.2, -0.15) is 4.68 Å². The number of para-hydroxylation sites is 1. The summed E-state index contributed by atoms with van der Waals surface area (Å²) in [6.45, 7) is 8.57. The van der Waals surface area contributed by atoms with E-state index in [0.29, 0.717) is 0 Å². The first-order chi connectivity index (χ1) is 9.86. The van der Waals surface area contributed by atoms with Crippen LogP contribution in [0.1, 0.15) is 12.7 Å². The van der Waals surface area contributed by atoms with Crippen LogP contribution in [-0.4, -0.2) is 62.7 Å². The maximum absolute atomic E-state index is 4.17. The summed E-state index contributed by atoms with van der Waals surface area (Å²) in [5, 5.41) is 12.1. The van der Waals surface area contributed by atoms with Crippen molar-refractivity contribution in [2.45, 2.75) is 13.5 Å². The van der Waals surface area contributed by atoms with Crippen LogP contribution in [0.15, 0.2) is 30.3 Å². The van der Waals surface area contributed by atoms with Crippen LogP contribution in [0.25, 0.3) is 5.69 Å². The van der Waals surface area contributed by atoms with E-state index in [4.69, 9.17) is 0 Å². The molecule has 0 radical (unpaired) electrons. The number of hydrogen-bond donors (Lipinski definition) is 0. The Kier molecular flexibility index (Phi) is 4.03. The molecule has 106 valence electrons. The van der Waals surface area contributed by atoms with Crippen LogP contribution in [0.4, 0.5) is 0 Å². The van der Waals surface area contributed by atoms with Gasteiger partial charge in [-0.3, -0.25) is 4.90 Å². The number of hydrogen-bond acceptors (Lipinski definition) is 5. The molecule has 6 nitrogen and oxygen atoms in total. The van der Waals surface area contributed by atoms with E-state index in [2.05, 4.69) is 32.2 Å². The van der Waals surface area contributed by atoms with Crippen molar-refractivity contribution in [1.82, 2.24) is 30.0 Å². The molecule has 0 atom stereocenters. The van der Waals surface area contributed by atoms with Crippen molar-refractivity contribution in [3.63, 3.8) is 0 Å². The average Bonchev–Trinajstić information content (AvgIpc) is 2.97. The second kappa shape index (κ2) is 6.11. The molecular weight excluding hydrogens is 252 g/mol. The molecule has 3 rings (SSSR count). The van der Waals surface area contributed by atoms with E-state index in [1.54, 1.807) is 0 Å². The summed E-state index contributed by atoms with van der Waals surface area (Å²) < 4.78 is 1.83. The molecule has 1 aromatic heterocycles. The van der Waals surface area contributed by atoms with E-state index in [-0.39, 0.29) is 0 Å². The molecule has 6 heteroatoms. The molecule has 0 amide bonds. The summed E-state index contributed by atoms with van der Waals surface area (Å²) >= 11 is 0. The highest BCUT2D eigenvalue weighted by atomic mass is 15.5. The van der Waals surface area contributed by atoms with E-state index < -0.39 is 0 Å². The van der Waals surface area contributed by atoms with Crippen LogP contribution in [0.2, 0.25) is 0 Å². The molecule has 1 aromatic carbocycles. The van der Waals surface area contributed by atoms with Gasteiger partial charge in [-0.1, -0.05) is 25.1 Å². The normalized spacial score (nSPS) is 17.4. The molecule has 1 saturated heterocycles. The Hall–Kier alpha value is -1.79. The van der Waals surface area contributed by atoms with E-state index in [1.165, 1.54) is 0 Å². The SMILES string of the molecule is CCN1CCN(Cc2nnnn2-c2ccccc2)CC1. The number of benzene rings is 1. The molecular formula is C14H20N6. The predicted octanol–water partition coefficient (Wildman–Crippen LogP) is 0.800. The smallest absolute Gasteiger partial charge is 0.170 e. The molecule has 0 bridgehead atoms. The lowest BCUT2D eigenvalue weighted by atomic mass is 10.3. The maximum atomic E-state index is 4.17. The van der Waals surface area contributed by atoms with Gasteiger partial charge in [0.25, 0.3) is 0 Å². The van der Waals surface area contributed by atoms with Crippen molar-refractivity contribution in [3.05, 3.63) is 36.2 Å². The Labute approximate surface area is 119 Å². The van der Waals surface area contributed by atoms with Crippen LogP contribution in [-0.2, 0) is 6.54 Å². The summed E-state index contributed by atoms with van der Waals surface area (Å²) in [6, 6.07) is 10.0. The minimum Gasteiger partial charge on any atom is -0.301 e. The zero-order chi connectivity index (χ0) is 13.8. The minimum atomic E-state index is 0.805. The summed E-state index contributed by atoms with van der Waals surface area (Å²) in [5.74, 6) is 0.904. The van der Waals surface area contributed by atoms with E-state index in [1.807, 2.05) is 35.0 Å². The number of aromatic nitrogens is 4. The second-order valence-electron chi connectivity index (χ2n) is 5.05. The third-order valence-corrected chi connectivity index (χ3v) is 3.81. The topological polar surface area (TPSA) is 50.1 Å². The maximum Gasteiger partial charge on any atom is 0.170 e. The van der Waals surface area contributed by atoms with Crippen molar-refractivity contribution < 1.29 is 0 Å². The Morgan fingerprint density at radius 1 is 1.00 bits per heavy atom. The van der Waals surface area contributed by atoms with E-state index in [9.17, 15) is 0 Å². The first-order valence-electron chi connectivity index (χ1n) is 7.14. The second-order valence-corrected chi connectivity index (χ2v) is 5.05. The summed E-state index contributed by atoms with van der Waals surface area (Å²) in [6.07, 6.45) is 0. The zero-order valence-corrected chi connectivity index (χ0v) is 11.8. The predicted molar refractivity (Wildman–Crippen MR) is 76.5 cm³/mol. The third-order valence-electron chi connectivity index (χ3n) is 3.81. The Morgan fingerprint density at radius 3 is 2.40 bits per heavy atom. The monoisotopic (exact) mass is 272 g/mol. The van der Waals surface area contributed by atoms with Gasteiger partial charge in [0, 0.05) is 26.2 Å². The van der Waals surface area contributed by atoms with Gasteiger partial charge in [-0.15, -0.1) is 5.10 Å². The molecule has 0 unspecified atom stereocenters. The lowest BCUT2D eigenvalue weighted by Crippen LogP contribution is -2.45. The molecule has 1 aliphatic rings. The van der Waals surface area contributed by atoms with Crippen molar-refractivity contribution in [2.75, 3.05) is 32.7 Å². The number of nitrogens with zero attached hydrogens (tertiary/aromatic N) is 6. The van der Waals surface area contributed by atoms with Gasteiger partial charge in [0.05, 0.1) is 12.2 Å². The number of rotatable bonds is 4. The number of likely N-dealkylation sites (N-methyl/N-ethyl adjacent to an activating group) is 1. The Balaban J connectivity index is 1.69. The lowest BCUT2D eigenvalue weighted by molar-refractivity contribution is 0.129. The lowest BCUT2D eigenvalue weighted by Gasteiger charge is -2.33. The highest BCUT2D eigenvalue weighted by Crippen LogP contribution is 2.10. The van der Waals surface area contributed by atoms with Gasteiger partial charge in [0.15, 0.2) is 5.82 Å². The fraction of sp³-hybridized carbons (Fsp3) is 0.500. The van der Waals surface area contributed by atoms with Crippen molar-refractivity contribution in [2.24, 2.45) is 0 Å². The fourth-order valence-corrected chi connectivity index (χ4v) is 2.54. The van der Waals surface area contributed by atoms with Crippen molar-refractivity contribution >= 4 is 0 Å². The van der Waals surface area contributed by atoms with Gasteiger partial charge < -0.3 is 4.90 Å². The third kappa shape index (κ3) is 2.86. The van der Waals surface area contributed by atoms with Crippen LogP contribution in [0, 0.1) is 0 Å². The molecule has 1 aliphatic heterocycles.